The minimum absolute atomic E-state index is 0.135. The Bertz CT molecular complexity index is 255. The maximum Gasteiger partial charge on any atom is 0.186 e. The number of aliphatic imine (C=N–C) groups is 1. The molecule has 1 saturated heterocycles. The van der Waals surface area contributed by atoms with E-state index in [1.165, 1.54) is 7.11 Å². The van der Waals surface area contributed by atoms with Gasteiger partial charge >= 0.3 is 0 Å². The van der Waals surface area contributed by atoms with Crippen LogP contribution in [0.15, 0.2) is 4.99 Å². The monoisotopic (exact) mass is 233 g/mol. The lowest BCUT2D eigenvalue weighted by atomic mass is 9.90. The molecule has 16 heavy (non-hydrogen) atoms. The molecule has 94 valence electrons. The second kappa shape index (κ2) is 5.44. The van der Waals surface area contributed by atoms with Crippen molar-refractivity contribution in [2.75, 3.05) is 13.7 Å². The lowest BCUT2D eigenvalue weighted by Gasteiger charge is -2.40. The summed E-state index contributed by atoms with van der Waals surface area (Å²) in [4.78, 5) is 3.88. The highest BCUT2D eigenvalue weighted by atomic mass is 16.7. The highest BCUT2D eigenvalue weighted by Gasteiger charge is 2.43. The van der Waals surface area contributed by atoms with Gasteiger partial charge in [0.05, 0.1) is 18.8 Å². The molecule has 0 bridgehead atoms. The Morgan fingerprint density at radius 3 is 2.56 bits per heavy atom. The van der Waals surface area contributed by atoms with Crippen LogP contribution in [0, 0.1) is 5.92 Å². The Morgan fingerprint density at radius 1 is 1.50 bits per heavy atom. The van der Waals surface area contributed by atoms with E-state index in [4.69, 9.17) is 26.0 Å². The van der Waals surface area contributed by atoms with Crippen LogP contribution in [0.4, 0.5) is 0 Å². The molecule has 6 N–H and O–H groups in total. The van der Waals surface area contributed by atoms with Gasteiger partial charge in [-0.3, -0.25) is 0 Å². The molecular weight excluding hydrogens is 214 g/mol. The van der Waals surface area contributed by atoms with Crippen LogP contribution in [0.2, 0.25) is 0 Å². The first-order chi connectivity index (χ1) is 7.51. The molecule has 1 unspecified atom stereocenters. The Kier molecular flexibility index (Phi) is 4.48. The Labute approximate surface area is 94.0 Å². The van der Waals surface area contributed by atoms with E-state index in [0.29, 0.717) is 0 Å². The van der Waals surface area contributed by atoms with Crippen LogP contribution >= 0.6 is 0 Å². The molecular formula is C9H19N3O4. The van der Waals surface area contributed by atoms with Crippen molar-refractivity contribution >= 4 is 5.96 Å². The predicted molar refractivity (Wildman–Crippen MR) is 57.5 cm³/mol. The van der Waals surface area contributed by atoms with Crippen LogP contribution in [0.1, 0.15) is 6.92 Å². The quantitative estimate of drug-likeness (QED) is 0.330. The van der Waals surface area contributed by atoms with E-state index in [9.17, 15) is 5.11 Å². The van der Waals surface area contributed by atoms with E-state index in [1.807, 2.05) is 0 Å². The molecule has 0 radical (unpaired) electrons. The molecule has 0 amide bonds. The number of hydrogen-bond donors (Lipinski definition) is 4. The number of methoxy groups -OCH3 is 1. The summed E-state index contributed by atoms with van der Waals surface area (Å²) >= 11 is 0. The fourth-order valence-corrected chi connectivity index (χ4v) is 1.78. The third kappa shape index (κ3) is 2.62. The topological polar surface area (TPSA) is 123 Å². The van der Waals surface area contributed by atoms with Gasteiger partial charge in [-0.15, -0.1) is 0 Å². The molecule has 0 aromatic carbocycles. The van der Waals surface area contributed by atoms with Gasteiger partial charge in [-0.1, -0.05) is 6.92 Å². The van der Waals surface area contributed by atoms with Crippen molar-refractivity contribution < 1.29 is 19.7 Å². The smallest absolute Gasteiger partial charge is 0.186 e. The predicted octanol–water partition coefficient (Wildman–Crippen LogP) is -2.01. The first-order valence-corrected chi connectivity index (χ1v) is 5.07. The second-order valence-electron chi connectivity index (χ2n) is 3.86. The Hall–Kier alpha value is -0.890. The van der Waals surface area contributed by atoms with Gasteiger partial charge in [0.2, 0.25) is 0 Å². The van der Waals surface area contributed by atoms with E-state index in [1.54, 1.807) is 6.92 Å². The highest BCUT2D eigenvalue weighted by Crippen LogP contribution is 2.27. The lowest BCUT2D eigenvalue weighted by Crippen LogP contribution is -2.55. The Morgan fingerprint density at radius 2 is 2.12 bits per heavy atom. The van der Waals surface area contributed by atoms with Crippen molar-refractivity contribution in [2.24, 2.45) is 22.4 Å². The molecule has 0 saturated carbocycles. The maximum absolute atomic E-state index is 10.0. The summed E-state index contributed by atoms with van der Waals surface area (Å²) in [6.07, 6.45) is -2.06. The van der Waals surface area contributed by atoms with Crippen molar-refractivity contribution in [1.82, 2.24) is 0 Å². The summed E-state index contributed by atoms with van der Waals surface area (Å²) in [7, 11) is 1.43. The van der Waals surface area contributed by atoms with Crippen molar-refractivity contribution in [1.29, 1.82) is 0 Å². The van der Waals surface area contributed by atoms with Gasteiger partial charge in [-0.25, -0.2) is 4.99 Å². The lowest BCUT2D eigenvalue weighted by molar-refractivity contribution is -0.239. The van der Waals surface area contributed by atoms with E-state index in [-0.39, 0.29) is 18.5 Å². The number of ether oxygens (including phenoxy) is 2. The fraction of sp³-hybridized carbons (Fsp3) is 0.889. The van der Waals surface area contributed by atoms with E-state index in [0.717, 1.165) is 0 Å². The average molecular weight is 233 g/mol. The van der Waals surface area contributed by atoms with E-state index >= 15 is 0 Å². The molecule has 0 aromatic rings. The number of aliphatic hydroxyl groups excluding tert-OH is 2. The van der Waals surface area contributed by atoms with Crippen LogP contribution in [-0.2, 0) is 9.47 Å². The molecule has 7 nitrogen and oxygen atoms in total. The van der Waals surface area contributed by atoms with E-state index in [2.05, 4.69) is 4.99 Å². The molecule has 1 fully saturated rings. The van der Waals surface area contributed by atoms with Gasteiger partial charge in [0.1, 0.15) is 6.04 Å². The van der Waals surface area contributed by atoms with Gasteiger partial charge in [-0.05, 0) is 0 Å². The number of aliphatic hydroxyl groups is 2. The normalized spacial score (nSPS) is 39.4. The first-order valence-electron chi connectivity index (χ1n) is 5.07. The van der Waals surface area contributed by atoms with Gasteiger partial charge < -0.3 is 31.2 Å². The van der Waals surface area contributed by atoms with Crippen molar-refractivity contribution in [3.05, 3.63) is 0 Å². The SMILES string of the molecule is COC1O[C@H](CO)[C@H](C)[C@H](O)[C@H]1N=C(N)N. The largest absolute Gasteiger partial charge is 0.394 e. The molecule has 0 aromatic heterocycles. The number of nitrogens with two attached hydrogens (primary N) is 2. The number of hydrogen-bond acceptors (Lipinski definition) is 5. The first kappa shape index (κ1) is 13.2. The zero-order chi connectivity index (χ0) is 12.3. The number of guanidine groups is 1. The Balaban J connectivity index is 2.86. The summed E-state index contributed by atoms with van der Waals surface area (Å²) < 4.78 is 10.5. The van der Waals surface area contributed by atoms with Gasteiger partial charge in [0.25, 0.3) is 0 Å². The van der Waals surface area contributed by atoms with Crippen LogP contribution in [0.25, 0.3) is 0 Å². The molecule has 1 rings (SSSR count). The number of rotatable bonds is 3. The van der Waals surface area contributed by atoms with Gasteiger partial charge in [0.15, 0.2) is 12.2 Å². The molecule has 7 heteroatoms. The zero-order valence-corrected chi connectivity index (χ0v) is 9.41. The minimum atomic E-state index is -0.821. The maximum atomic E-state index is 10.0. The van der Waals surface area contributed by atoms with Gasteiger partial charge in [-0.2, -0.15) is 0 Å². The van der Waals surface area contributed by atoms with Crippen molar-refractivity contribution in [3.8, 4) is 0 Å². The van der Waals surface area contributed by atoms with Crippen LogP contribution < -0.4 is 11.5 Å². The zero-order valence-electron chi connectivity index (χ0n) is 9.41. The summed E-state index contributed by atoms with van der Waals surface area (Å²) in [5.74, 6) is -0.408. The van der Waals surface area contributed by atoms with Crippen LogP contribution in [0.3, 0.4) is 0 Å². The standard InChI is InChI=1S/C9H19N3O4/c1-4-5(3-13)16-8(15-2)6(7(4)14)12-9(10)11/h4-8,13-14H,3H2,1-2H3,(H4,10,11,12)/t4-,5+,6+,7-,8?/m0/s1. The van der Waals surface area contributed by atoms with Crippen molar-refractivity contribution in [3.63, 3.8) is 0 Å². The van der Waals surface area contributed by atoms with E-state index < -0.39 is 24.5 Å². The second-order valence-corrected chi connectivity index (χ2v) is 3.86. The molecule has 0 spiro atoms. The molecule has 5 atom stereocenters. The summed E-state index contributed by atoms with van der Waals surface area (Å²) in [5, 5.41) is 19.1. The van der Waals surface area contributed by atoms with Crippen LogP contribution in [-0.4, -0.2) is 54.4 Å². The van der Waals surface area contributed by atoms with Crippen LogP contribution in [0.5, 0.6) is 0 Å². The molecule has 0 aliphatic carbocycles. The van der Waals surface area contributed by atoms with Gasteiger partial charge in [0, 0.05) is 13.0 Å². The number of nitrogens with zero attached hydrogens (tertiary/aromatic N) is 1. The minimum Gasteiger partial charge on any atom is -0.394 e. The summed E-state index contributed by atoms with van der Waals surface area (Å²) in [5.41, 5.74) is 10.5. The highest BCUT2D eigenvalue weighted by molar-refractivity contribution is 5.75. The average Bonchev–Trinajstić information content (AvgIpc) is 2.25. The third-order valence-electron chi connectivity index (χ3n) is 2.77. The molecule has 1 aliphatic rings. The summed E-state index contributed by atoms with van der Waals surface area (Å²) in [6, 6.07) is -0.673. The molecule has 1 aliphatic heterocycles. The summed E-state index contributed by atoms with van der Waals surface area (Å²) in [6.45, 7) is 1.57. The third-order valence-corrected chi connectivity index (χ3v) is 2.77. The fourth-order valence-electron chi connectivity index (χ4n) is 1.78. The molecule has 1 heterocycles. The van der Waals surface area contributed by atoms with Crippen molar-refractivity contribution in [2.45, 2.75) is 31.5 Å².